The zero-order valence-corrected chi connectivity index (χ0v) is 6.16. The zero-order chi connectivity index (χ0) is 7.42. The van der Waals surface area contributed by atoms with Crippen molar-refractivity contribution in [3.8, 4) is 0 Å². The van der Waals surface area contributed by atoms with Gasteiger partial charge in [-0.3, -0.25) is 4.79 Å². The minimum absolute atomic E-state index is 0.0257. The van der Waals surface area contributed by atoms with E-state index in [-0.39, 0.29) is 18.0 Å². The third-order valence-electron chi connectivity index (χ3n) is 3.22. The molecule has 0 amide bonds. The summed E-state index contributed by atoms with van der Waals surface area (Å²) in [4.78, 5) is 11.1. The molecule has 0 aromatic carbocycles. The molecule has 3 aliphatic rings. The molecule has 4 unspecified atom stereocenters. The van der Waals surface area contributed by atoms with Crippen LogP contribution in [0.2, 0.25) is 0 Å². The highest BCUT2D eigenvalue weighted by Crippen LogP contribution is 2.48. The van der Waals surface area contributed by atoms with Crippen molar-refractivity contribution in [2.24, 2.45) is 17.8 Å². The molecule has 0 aromatic rings. The maximum Gasteiger partial charge on any atom is 0.312 e. The Balaban J connectivity index is 1.97. The first-order chi connectivity index (χ1) is 5.36. The summed E-state index contributed by atoms with van der Waals surface area (Å²) in [5, 5.41) is 0. The predicted molar refractivity (Wildman–Crippen MR) is 35.8 cm³/mol. The minimum atomic E-state index is -0.0257. The quantitative estimate of drug-likeness (QED) is 0.467. The molecular formula is C8H10O3. The molecule has 4 atom stereocenters. The van der Waals surface area contributed by atoms with E-state index < -0.39 is 0 Å². The average Bonchev–Trinajstić information content (AvgIpc) is 2.60. The molecule has 11 heavy (non-hydrogen) atoms. The summed E-state index contributed by atoms with van der Waals surface area (Å²) >= 11 is 0. The van der Waals surface area contributed by atoms with Gasteiger partial charge in [-0.25, -0.2) is 0 Å². The summed E-state index contributed by atoms with van der Waals surface area (Å²) in [6.45, 7) is 1.50. The summed E-state index contributed by atoms with van der Waals surface area (Å²) < 4.78 is 10.4. The highest BCUT2D eigenvalue weighted by atomic mass is 16.6. The summed E-state index contributed by atoms with van der Waals surface area (Å²) in [5.41, 5.74) is 0. The van der Waals surface area contributed by atoms with Crippen molar-refractivity contribution in [1.82, 2.24) is 0 Å². The van der Waals surface area contributed by atoms with Gasteiger partial charge in [-0.1, -0.05) is 0 Å². The molecule has 0 N–H and O–H groups in total. The van der Waals surface area contributed by atoms with E-state index in [1.807, 2.05) is 0 Å². The second kappa shape index (κ2) is 1.78. The van der Waals surface area contributed by atoms with Gasteiger partial charge >= 0.3 is 5.97 Å². The number of carbonyl (C=O) groups is 1. The molecule has 0 aromatic heterocycles. The Hall–Kier alpha value is -0.570. The molecule has 0 radical (unpaired) electrons. The number of hydrogen-bond donors (Lipinski definition) is 0. The Labute approximate surface area is 64.7 Å². The molecule has 3 heteroatoms. The number of esters is 1. The lowest BCUT2D eigenvalue weighted by atomic mass is 9.91. The summed E-state index contributed by atoms with van der Waals surface area (Å²) in [5.74, 6) is 1.16. The van der Waals surface area contributed by atoms with Crippen molar-refractivity contribution < 1.29 is 14.3 Å². The Morgan fingerprint density at radius 3 is 3.09 bits per heavy atom. The van der Waals surface area contributed by atoms with Crippen molar-refractivity contribution in [3.63, 3.8) is 0 Å². The first-order valence-electron chi connectivity index (χ1n) is 4.14. The van der Waals surface area contributed by atoms with Gasteiger partial charge in [-0.05, 0) is 12.3 Å². The molecule has 3 rings (SSSR count). The van der Waals surface area contributed by atoms with E-state index in [0.29, 0.717) is 18.4 Å². The molecule has 3 nitrogen and oxygen atoms in total. The average molecular weight is 154 g/mol. The first-order valence-corrected chi connectivity index (χ1v) is 4.14. The molecule has 0 spiro atoms. The Morgan fingerprint density at radius 2 is 2.27 bits per heavy atom. The van der Waals surface area contributed by atoms with Crippen LogP contribution in [0.4, 0.5) is 0 Å². The van der Waals surface area contributed by atoms with E-state index in [0.717, 1.165) is 13.0 Å². The fraction of sp³-hybridized carbons (Fsp3) is 0.875. The van der Waals surface area contributed by atoms with Gasteiger partial charge < -0.3 is 9.47 Å². The predicted octanol–water partition coefficient (Wildman–Crippen LogP) is 0.194. The molecule has 1 saturated carbocycles. The molecule has 2 saturated heterocycles. The zero-order valence-electron chi connectivity index (χ0n) is 6.16. The normalized spacial score (nSPS) is 52.9. The fourth-order valence-corrected chi connectivity index (χ4v) is 2.64. The maximum atomic E-state index is 11.1. The smallest absolute Gasteiger partial charge is 0.312 e. The number of ether oxygens (including phenoxy) is 2. The molecule has 1 aliphatic carbocycles. The summed E-state index contributed by atoms with van der Waals surface area (Å²) in [6, 6.07) is 0. The Kier molecular flexibility index (Phi) is 0.969. The number of cyclic esters (lactones) is 1. The van der Waals surface area contributed by atoms with E-state index in [4.69, 9.17) is 9.47 Å². The number of carbonyl (C=O) groups excluding carboxylic acids is 1. The van der Waals surface area contributed by atoms with Gasteiger partial charge in [0, 0.05) is 5.92 Å². The monoisotopic (exact) mass is 154 g/mol. The summed E-state index contributed by atoms with van der Waals surface area (Å²) in [6.07, 6.45) is 1.28. The highest BCUT2D eigenvalue weighted by molar-refractivity contribution is 5.76. The van der Waals surface area contributed by atoms with Gasteiger partial charge in [-0.2, -0.15) is 0 Å². The van der Waals surface area contributed by atoms with Gasteiger partial charge in [-0.15, -0.1) is 0 Å². The van der Waals surface area contributed by atoms with Crippen molar-refractivity contribution in [1.29, 1.82) is 0 Å². The third kappa shape index (κ3) is 0.601. The number of fused-ring (bicyclic) bond motifs is 5. The van der Waals surface area contributed by atoms with Crippen LogP contribution < -0.4 is 0 Å². The third-order valence-corrected chi connectivity index (χ3v) is 3.22. The van der Waals surface area contributed by atoms with E-state index in [1.54, 1.807) is 0 Å². The number of rotatable bonds is 0. The number of hydrogen-bond acceptors (Lipinski definition) is 3. The van der Waals surface area contributed by atoms with Gasteiger partial charge in [0.1, 0.15) is 0 Å². The van der Waals surface area contributed by atoms with Crippen LogP contribution in [0.5, 0.6) is 0 Å². The van der Waals surface area contributed by atoms with Crippen molar-refractivity contribution in [2.75, 3.05) is 13.2 Å². The van der Waals surface area contributed by atoms with Gasteiger partial charge in [0.05, 0.1) is 25.2 Å². The van der Waals surface area contributed by atoms with Crippen LogP contribution in [0.25, 0.3) is 0 Å². The standard InChI is InChI=1S/C8H10O3/c9-8-7-5(3-11-8)4-1-6(7)10-2-4/h4-7H,1-3H2. The lowest BCUT2D eigenvalue weighted by Gasteiger charge is -2.19. The molecule has 3 fully saturated rings. The first kappa shape index (κ1) is 6.00. The minimum Gasteiger partial charge on any atom is -0.465 e. The van der Waals surface area contributed by atoms with Crippen LogP contribution in [0.3, 0.4) is 0 Å². The largest absolute Gasteiger partial charge is 0.465 e. The molecular weight excluding hydrogens is 144 g/mol. The van der Waals surface area contributed by atoms with Crippen molar-refractivity contribution >= 4 is 5.97 Å². The van der Waals surface area contributed by atoms with E-state index >= 15 is 0 Å². The summed E-state index contributed by atoms with van der Waals surface area (Å²) in [7, 11) is 0. The van der Waals surface area contributed by atoms with Crippen LogP contribution >= 0.6 is 0 Å². The van der Waals surface area contributed by atoms with E-state index in [1.165, 1.54) is 0 Å². The maximum absolute atomic E-state index is 11.1. The van der Waals surface area contributed by atoms with Gasteiger partial charge in [0.2, 0.25) is 0 Å². The second-order valence-electron chi connectivity index (χ2n) is 3.69. The lowest BCUT2D eigenvalue weighted by Crippen LogP contribution is -2.29. The van der Waals surface area contributed by atoms with Gasteiger partial charge in [0.15, 0.2) is 0 Å². The Morgan fingerprint density at radius 1 is 1.36 bits per heavy atom. The molecule has 2 aliphatic heterocycles. The van der Waals surface area contributed by atoms with E-state index in [9.17, 15) is 4.79 Å². The van der Waals surface area contributed by atoms with E-state index in [2.05, 4.69) is 0 Å². The molecule has 2 heterocycles. The van der Waals surface area contributed by atoms with Crippen LogP contribution in [0.15, 0.2) is 0 Å². The van der Waals surface area contributed by atoms with Crippen molar-refractivity contribution in [2.45, 2.75) is 12.5 Å². The fourth-order valence-electron chi connectivity index (χ4n) is 2.64. The van der Waals surface area contributed by atoms with Crippen molar-refractivity contribution in [3.05, 3.63) is 0 Å². The van der Waals surface area contributed by atoms with Crippen LogP contribution in [-0.2, 0) is 14.3 Å². The van der Waals surface area contributed by atoms with Crippen LogP contribution in [-0.4, -0.2) is 25.3 Å². The van der Waals surface area contributed by atoms with Gasteiger partial charge in [0.25, 0.3) is 0 Å². The Bertz CT molecular complexity index is 213. The molecule has 2 bridgehead atoms. The highest BCUT2D eigenvalue weighted by Gasteiger charge is 2.56. The topological polar surface area (TPSA) is 35.5 Å². The SMILES string of the molecule is O=C1OCC2C3COC(C3)C12. The van der Waals surface area contributed by atoms with Crippen LogP contribution in [0, 0.1) is 17.8 Å². The molecule has 60 valence electrons. The lowest BCUT2D eigenvalue weighted by molar-refractivity contribution is -0.144. The second-order valence-corrected chi connectivity index (χ2v) is 3.69. The van der Waals surface area contributed by atoms with Crippen LogP contribution in [0.1, 0.15) is 6.42 Å².